The molecule has 0 unspecified atom stereocenters. The smallest absolute Gasteiger partial charge is 0.399 e. The summed E-state index contributed by atoms with van der Waals surface area (Å²) in [4.78, 5) is 28.5. The number of hydrogen-bond acceptors (Lipinski definition) is 8. The number of rotatable bonds is 6. The van der Waals surface area contributed by atoms with Crippen molar-refractivity contribution in [2.75, 3.05) is 23.7 Å². The van der Waals surface area contributed by atoms with E-state index in [1.807, 2.05) is 50.8 Å². The maximum atomic E-state index is 15.9. The van der Waals surface area contributed by atoms with Gasteiger partial charge in [-0.3, -0.25) is 9.79 Å². The van der Waals surface area contributed by atoms with Crippen LogP contribution in [-0.2, 0) is 14.8 Å². The highest BCUT2D eigenvalue weighted by Crippen LogP contribution is 2.48. The molecule has 0 bridgehead atoms. The van der Waals surface area contributed by atoms with Crippen molar-refractivity contribution in [2.24, 2.45) is 10.9 Å². The number of ketones is 1. The zero-order chi connectivity index (χ0) is 29.0. The molecule has 4 heterocycles. The van der Waals surface area contributed by atoms with Gasteiger partial charge in [-0.25, -0.2) is 18.7 Å². The van der Waals surface area contributed by atoms with Gasteiger partial charge in [0.2, 0.25) is 5.95 Å². The van der Waals surface area contributed by atoms with E-state index >= 15 is 4.39 Å². The van der Waals surface area contributed by atoms with Gasteiger partial charge >= 0.3 is 7.12 Å². The number of Topliss-reactive ketones (excluding diaryl/α,β-unsaturated/α-hetero) is 1. The van der Waals surface area contributed by atoms with Gasteiger partial charge in [0.05, 0.1) is 41.6 Å². The largest absolute Gasteiger partial charge is 0.494 e. The minimum Gasteiger partial charge on any atom is -0.399 e. The van der Waals surface area contributed by atoms with Crippen molar-refractivity contribution >= 4 is 41.1 Å². The van der Waals surface area contributed by atoms with Crippen LogP contribution in [0.3, 0.4) is 0 Å². The SMILES string of the molecule is CC1(C)OB(c2ccc(F)c([C@@]34CN(c5ncc(F)cn5)C[C@@H]3CSC(CC(=O)c3ccccc3)=N4)c2)OC1(C)C. The van der Waals surface area contributed by atoms with E-state index in [9.17, 15) is 9.18 Å². The van der Waals surface area contributed by atoms with Crippen LogP contribution in [-0.4, -0.2) is 58.0 Å². The van der Waals surface area contributed by atoms with Gasteiger partial charge in [-0.2, -0.15) is 0 Å². The Hall–Kier alpha value is -3.15. The van der Waals surface area contributed by atoms with Gasteiger partial charge in [-0.1, -0.05) is 42.5 Å². The third-order valence-electron chi connectivity index (χ3n) is 8.60. The Labute approximate surface area is 242 Å². The van der Waals surface area contributed by atoms with Gasteiger partial charge < -0.3 is 14.2 Å². The zero-order valence-corrected chi connectivity index (χ0v) is 24.3. The Morgan fingerprint density at radius 1 is 1.05 bits per heavy atom. The fourth-order valence-electron chi connectivity index (χ4n) is 5.61. The molecule has 7 nitrogen and oxygen atoms in total. The van der Waals surface area contributed by atoms with Crippen LogP contribution in [0, 0.1) is 17.6 Å². The topological polar surface area (TPSA) is 76.9 Å². The Balaban J connectivity index is 1.41. The molecule has 3 aliphatic heterocycles. The standard InChI is InChI=1S/C30H31BF2N4O3S/c1-28(2)29(3,4)40-31(39-28)21-10-11-24(33)23(12-21)30-18-37(27-34-14-22(32)15-35-27)16-20(30)17-41-26(36-30)13-25(38)19-8-6-5-7-9-19/h5-12,14-15,20H,13,16-18H2,1-4H3/t20-,30-/m1/s1. The summed E-state index contributed by atoms with van der Waals surface area (Å²) in [5.74, 6) is -0.116. The molecule has 1 aromatic heterocycles. The van der Waals surface area contributed by atoms with E-state index in [0.29, 0.717) is 39.9 Å². The van der Waals surface area contributed by atoms with Crippen LogP contribution in [0.15, 0.2) is 65.9 Å². The van der Waals surface area contributed by atoms with Crippen molar-refractivity contribution in [3.8, 4) is 0 Å². The van der Waals surface area contributed by atoms with E-state index in [-0.39, 0.29) is 24.7 Å². The molecular weight excluding hydrogens is 545 g/mol. The van der Waals surface area contributed by atoms with E-state index < -0.39 is 35.5 Å². The van der Waals surface area contributed by atoms with Gasteiger partial charge in [0.1, 0.15) is 11.4 Å². The fourth-order valence-corrected chi connectivity index (χ4v) is 6.85. The molecular formula is C30H31BF2N4O3S. The molecule has 3 aromatic rings. The second-order valence-electron chi connectivity index (χ2n) is 11.8. The number of carbonyl (C=O) groups is 1. The van der Waals surface area contributed by atoms with Crippen LogP contribution in [0.1, 0.15) is 50.0 Å². The number of halogens is 2. The lowest BCUT2D eigenvalue weighted by Crippen LogP contribution is -2.42. The summed E-state index contributed by atoms with van der Waals surface area (Å²) in [7, 11) is -0.673. The third kappa shape index (κ3) is 5.08. The maximum absolute atomic E-state index is 15.9. The molecule has 0 spiro atoms. The molecule has 2 atom stereocenters. The number of thioether (sulfide) groups is 1. The van der Waals surface area contributed by atoms with Crippen LogP contribution < -0.4 is 10.4 Å². The Bertz CT molecular complexity index is 1490. The first-order valence-electron chi connectivity index (χ1n) is 13.7. The predicted octanol–water partition coefficient (Wildman–Crippen LogP) is 4.80. The summed E-state index contributed by atoms with van der Waals surface area (Å²) in [6.07, 6.45) is 2.37. The number of aromatic nitrogens is 2. The highest BCUT2D eigenvalue weighted by atomic mass is 32.2. The molecule has 41 heavy (non-hydrogen) atoms. The number of carbonyl (C=O) groups excluding carboxylic acids is 1. The van der Waals surface area contributed by atoms with Crippen LogP contribution >= 0.6 is 11.8 Å². The molecule has 0 N–H and O–H groups in total. The summed E-state index contributed by atoms with van der Waals surface area (Å²) < 4.78 is 42.0. The van der Waals surface area contributed by atoms with E-state index in [1.165, 1.54) is 17.8 Å². The number of benzene rings is 2. The van der Waals surface area contributed by atoms with Crippen molar-refractivity contribution in [2.45, 2.75) is 50.9 Å². The summed E-state index contributed by atoms with van der Waals surface area (Å²) in [5, 5.41) is 0.650. The molecule has 11 heteroatoms. The lowest BCUT2D eigenvalue weighted by atomic mass is 9.74. The van der Waals surface area contributed by atoms with Crippen LogP contribution in [0.5, 0.6) is 0 Å². The third-order valence-corrected chi connectivity index (χ3v) is 9.74. The quantitative estimate of drug-likeness (QED) is 0.308. The van der Waals surface area contributed by atoms with E-state index in [0.717, 1.165) is 12.4 Å². The highest BCUT2D eigenvalue weighted by molar-refractivity contribution is 8.14. The molecule has 3 aliphatic rings. The van der Waals surface area contributed by atoms with E-state index in [1.54, 1.807) is 24.3 Å². The molecule has 6 rings (SSSR count). The number of anilines is 1. The molecule has 0 radical (unpaired) electrons. The number of aliphatic imine (C=N–C) groups is 1. The second kappa shape index (κ2) is 10.3. The van der Waals surface area contributed by atoms with Gasteiger partial charge in [0.25, 0.3) is 0 Å². The molecule has 0 saturated carbocycles. The van der Waals surface area contributed by atoms with E-state index in [2.05, 4.69) is 9.97 Å². The monoisotopic (exact) mass is 576 g/mol. The molecule has 2 fully saturated rings. The molecule has 0 amide bonds. The molecule has 0 aliphatic carbocycles. The van der Waals surface area contributed by atoms with Gasteiger partial charge in [-0.15, -0.1) is 11.8 Å². The number of fused-ring (bicyclic) bond motifs is 1. The van der Waals surface area contributed by atoms with Crippen molar-refractivity contribution < 1.29 is 22.9 Å². The Morgan fingerprint density at radius 3 is 2.41 bits per heavy atom. The van der Waals surface area contributed by atoms with Crippen LogP contribution in [0.4, 0.5) is 14.7 Å². The lowest BCUT2D eigenvalue weighted by molar-refractivity contribution is 0.00578. The van der Waals surface area contributed by atoms with Crippen LogP contribution in [0.2, 0.25) is 0 Å². The Morgan fingerprint density at radius 2 is 1.73 bits per heavy atom. The van der Waals surface area contributed by atoms with Gasteiger partial charge in [0, 0.05) is 29.3 Å². The first-order chi connectivity index (χ1) is 19.5. The van der Waals surface area contributed by atoms with Crippen molar-refractivity contribution in [3.63, 3.8) is 0 Å². The maximum Gasteiger partial charge on any atom is 0.494 e. The summed E-state index contributed by atoms with van der Waals surface area (Å²) in [5.41, 5.74) is -0.416. The van der Waals surface area contributed by atoms with Crippen molar-refractivity contribution in [1.82, 2.24) is 9.97 Å². The summed E-state index contributed by atoms with van der Waals surface area (Å²) in [6, 6.07) is 14.0. The average molecular weight is 576 g/mol. The van der Waals surface area contributed by atoms with Crippen molar-refractivity contribution in [1.29, 1.82) is 0 Å². The van der Waals surface area contributed by atoms with Crippen molar-refractivity contribution in [3.05, 3.63) is 83.7 Å². The normalized spacial score (nSPS) is 24.7. The first kappa shape index (κ1) is 28.0. The van der Waals surface area contributed by atoms with Gasteiger partial charge in [0.15, 0.2) is 11.6 Å². The summed E-state index contributed by atoms with van der Waals surface area (Å²) >= 11 is 1.52. The molecule has 212 valence electrons. The highest BCUT2D eigenvalue weighted by Gasteiger charge is 2.54. The predicted molar refractivity (Wildman–Crippen MR) is 157 cm³/mol. The minimum atomic E-state index is -1.01. The van der Waals surface area contributed by atoms with E-state index in [4.69, 9.17) is 14.3 Å². The fraction of sp³-hybridized carbons (Fsp3) is 0.400. The first-order valence-corrected chi connectivity index (χ1v) is 14.6. The minimum absolute atomic E-state index is 0.0476. The average Bonchev–Trinajstić information content (AvgIpc) is 3.43. The molecule has 2 aromatic carbocycles. The Kier molecular flexibility index (Phi) is 7.03. The molecule has 2 saturated heterocycles. The van der Waals surface area contributed by atoms with Crippen LogP contribution in [0.25, 0.3) is 0 Å². The number of hydrogen-bond donors (Lipinski definition) is 0. The second-order valence-corrected chi connectivity index (χ2v) is 12.9. The summed E-state index contributed by atoms with van der Waals surface area (Å²) in [6.45, 7) is 8.67. The lowest BCUT2D eigenvalue weighted by Gasteiger charge is -2.36. The van der Waals surface area contributed by atoms with Gasteiger partial charge in [-0.05, 0) is 39.2 Å². The number of nitrogens with zero attached hydrogens (tertiary/aromatic N) is 4. The zero-order valence-electron chi connectivity index (χ0n) is 23.4.